The maximum absolute atomic E-state index is 12.2. The average Bonchev–Trinajstić information content (AvgIpc) is 2.71. The zero-order valence-corrected chi connectivity index (χ0v) is 13.4. The van der Waals surface area contributed by atoms with E-state index in [1.165, 1.54) is 0 Å². The molecular formula is C15H17N3O4S. The summed E-state index contributed by atoms with van der Waals surface area (Å²) in [6.45, 7) is 2.13. The summed E-state index contributed by atoms with van der Waals surface area (Å²) in [6.07, 6.45) is 0. The second-order valence-corrected chi connectivity index (χ2v) is 6.11. The second kappa shape index (κ2) is 7.28. The molecule has 3 N–H and O–H groups in total. The molecule has 1 aliphatic heterocycles. The number of primary amides is 1. The zero-order valence-electron chi connectivity index (χ0n) is 12.6. The van der Waals surface area contributed by atoms with E-state index in [0.29, 0.717) is 11.1 Å². The lowest BCUT2D eigenvalue weighted by Crippen LogP contribution is -2.38. The molecular weight excluding hydrogens is 318 g/mol. The van der Waals surface area contributed by atoms with Gasteiger partial charge < -0.3 is 11.1 Å². The third-order valence-corrected chi connectivity index (χ3v) is 4.22. The monoisotopic (exact) mass is 335 g/mol. The molecule has 0 atom stereocenters. The highest BCUT2D eigenvalue weighted by Gasteiger charge is 2.34. The lowest BCUT2D eigenvalue weighted by Gasteiger charge is -2.14. The van der Waals surface area contributed by atoms with Crippen LogP contribution in [0.2, 0.25) is 0 Å². The van der Waals surface area contributed by atoms with Crippen LogP contribution in [0.5, 0.6) is 0 Å². The summed E-state index contributed by atoms with van der Waals surface area (Å²) in [7, 11) is 0. The van der Waals surface area contributed by atoms with Crippen LogP contribution in [0.4, 0.5) is 0 Å². The van der Waals surface area contributed by atoms with Gasteiger partial charge in [-0.2, -0.15) is 0 Å². The number of carbonyl (C=O) groups is 4. The molecule has 1 aromatic rings. The van der Waals surface area contributed by atoms with Crippen molar-refractivity contribution in [3.63, 3.8) is 0 Å². The quantitative estimate of drug-likeness (QED) is 0.678. The highest BCUT2D eigenvalue weighted by atomic mass is 32.2. The number of amides is 4. The van der Waals surface area contributed by atoms with Crippen LogP contribution in [0, 0.1) is 6.92 Å². The maximum Gasteiger partial charge on any atom is 0.261 e. The van der Waals surface area contributed by atoms with E-state index >= 15 is 0 Å². The summed E-state index contributed by atoms with van der Waals surface area (Å²) < 4.78 is 0. The number of rotatable bonds is 7. The highest BCUT2D eigenvalue weighted by molar-refractivity contribution is 8.00. The van der Waals surface area contributed by atoms with Crippen molar-refractivity contribution in [3.05, 3.63) is 34.9 Å². The molecule has 8 heteroatoms. The Morgan fingerprint density at radius 3 is 2.57 bits per heavy atom. The van der Waals surface area contributed by atoms with Crippen LogP contribution in [-0.2, 0) is 9.59 Å². The van der Waals surface area contributed by atoms with Gasteiger partial charge in [-0.05, 0) is 19.1 Å². The number of carbonyl (C=O) groups excluding carboxylic acids is 4. The van der Waals surface area contributed by atoms with Crippen molar-refractivity contribution in [3.8, 4) is 0 Å². The molecule has 0 fully saturated rings. The minimum Gasteiger partial charge on any atom is -0.369 e. The predicted octanol–water partition coefficient (Wildman–Crippen LogP) is -0.0743. The van der Waals surface area contributed by atoms with Crippen molar-refractivity contribution in [2.75, 3.05) is 24.6 Å². The van der Waals surface area contributed by atoms with Crippen LogP contribution in [-0.4, -0.2) is 53.1 Å². The first-order chi connectivity index (χ1) is 10.9. The Hall–Kier alpha value is -2.35. The zero-order chi connectivity index (χ0) is 17.0. The van der Waals surface area contributed by atoms with Crippen LogP contribution >= 0.6 is 11.8 Å². The third kappa shape index (κ3) is 4.10. The Bertz CT molecular complexity index is 675. The molecule has 0 unspecified atom stereocenters. The van der Waals surface area contributed by atoms with Crippen LogP contribution < -0.4 is 11.1 Å². The van der Waals surface area contributed by atoms with Gasteiger partial charge in [0.1, 0.15) is 0 Å². The smallest absolute Gasteiger partial charge is 0.261 e. The van der Waals surface area contributed by atoms with Crippen molar-refractivity contribution in [2.45, 2.75) is 6.92 Å². The molecule has 4 amide bonds. The van der Waals surface area contributed by atoms with Crippen LogP contribution in [0.3, 0.4) is 0 Å². The Balaban J connectivity index is 1.83. The van der Waals surface area contributed by atoms with Gasteiger partial charge in [0, 0.05) is 13.1 Å². The van der Waals surface area contributed by atoms with Crippen molar-refractivity contribution < 1.29 is 19.2 Å². The molecule has 1 aromatic carbocycles. The van der Waals surface area contributed by atoms with E-state index in [-0.39, 0.29) is 42.3 Å². The number of thioether (sulfide) groups is 1. The number of hydrogen-bond donors (Lipinski definition) is 2. The number of benzene rings is 1. The largest absolute Gasteiger partial charge is 0.369 e. The van der Waals surface area contributed by atoms with E-state index < -0.39 is 5.91 Å². The fourth-order valence-corrected chi connectivity index (χ4v) is 2.80. The Morgan fingerprint density at radius 2 is 1.87 bits per heavy atom. The maximum atomic E-state index is 12.2. The lowest BCUT2D eigenvalue weighted by molar-refractivity contribution is -0.118. The van der Waals surface area contributed by atoms with Gasteiger partial charge in [-0.1, -0.05) is 11.6 Å². The molecule has 122 valence electrons. The predicted molar refractivity (Wildman–Crippen MR) is 86.1 cm³/mol. The van der Waals surface area contributed by atoms with Crippen molar-refractivity contribution in [1.29, 1.82) is 0 Å². The van der Waals surface area contributed by atoms with E-state index in [0.717, 1.165) is 22.2 Å². The number of imide groups is 1. The van der Waals surface area contributed by atoms with Crippen LogP contribution in [0.25, 0.3) is 0 Å². The molecule has 7 nitrogen and oxygen atoms in total. The summed E-state index contributed by atoms with van der Waals surface area (Å²) in [4.78, 5) is 47.6. The second-order valence-electron chi connectivity index (χ2n) is 5.12. The van der Waals surface area contributed by atoms with Crippen molar-refractivity contribution in [2.24, 2.45) is 5.73 Å². The summed E-state index contributed by atoms with van der Waals surface area (Å²) in [6, 6.07) is 5.11. The first kappa shape index (κ1) is 17.0. The van der Waals surface area contributed by atoms with E-state index in [1.807, 2.05) is 6.92 Å². The van der Waals surface area contributed by atoms with Gasteiger partial charge in [-0.25, -0.2) is 0 Å². The molecule has 0 aromatic heterocycles. The minimum absolute atomic E-state index is 0.0746. The van der Waals surface area contributed by atoms with E-state index in [1.54, 1.807) is 18.2 Å². The summed E-state index contributed by atoms with van der Waals surface area (Å²) in [5.41, 5.74) is 6.67. The lowest BCUT2D eigenvalue weighted by atomic mass is 10.1. The molecule has 23 heavy (non-hydrogen) atoms. The molecule has 0 bridgehead atoms. The Morgan fingerprint density at radius 1 is 1.17 bits per heavy atom. The van der Waals surface area contributed by atoms with Crippen LogP contribution in [0.15, 0.2) is 18.2 Å². The molecule has 0 saturated heterocycles. The topological polar surface area (TPSA) is 110 Å². The van der Waals surface area contributed by atoms with Gasteiger partial charge in [0.2, 0.25) is 11.8 Å². The van der Waals surface area contributed by atoms with Crippen LogP contribution in [0.1, 0.15) is 26.3 Å². The number of aryl methyl sites for hydroxylation is 1. The molecule has 1 heterocycles. The number of nitrogens with one attached hydrogen (secondary N) is 1. The van der Waals surface area contributed by atoms with Gasteiger partial charge in [-0.3, -0.25) is 24.1 Å². The van der Waals surface area contributed by atoms with E-state index in [4.69, 9.17) is 5.73 Å². The molecule has 0 saturated carbocycles. The summed E-state index contributed by atoms with van der Waals surface area (Å²) >= 11 is 1.11. The number of fused-ring (bicyclic) bond motifs is 1. The molecule has 0 aliphatic carbocycles. The standard InChI is InChI=1S/C15H17N3O4S/c1-9-2-3-10-11(6-9)15(22)18(14(10)21)5-4-17-13(20)8-23-7-12(16)19/h2-3,6H,4-5,7-8H2,1H3,(H2,16,19)(H,17,20). The minimum atomic E-state index is -0.482. The Kier molecular flexibility index (Phi) is 5.38. The normalized spacial score (nSPS) is 13.2. The first-order valence-corrected chi connectivity index (χ1v) is 8.15. The number of nitrogens with two attached hydrogens (primary N) is 1. The highest BCUT2D eigenvalue weighted by Crippen LogP contribution is 2.23. The summed E-state index contributed by atoms with van der Waals surface area (Å²) in [5.74, 6) is -1.27. The fourth-order valence-electron chi connectivity index (χ4n) is 2.21. The molecule has 1 aliphatic rings. The first-order valence-electron chi connectivity index (χ1n) is 6.99. The molecule has 2 rings (SSSR count). The van der Waals surface area contributed by atoms with E-state index in [2.05, 4.69) is 5.32 Å². The van der Waals surface area contributed by atoms with Gasteiger partial charge in [0.25, 0.3) is 11.8 Å². The molecule has 0 spiro atoms. The van der Waals surface area contributed by atoms with Gasteiger partial charge in [-0.15, -0.1) is 11.8 Å². The van der Waals surface area contributed by atoms with Gasteiger partial charge >= 0.3 is 0 Å². The van der Waals surface area contributed by atoms with Gasteiger partial charge in [0.05, 0.1) is 22.6 Å². The average molecular weight is 335 g/mol. The van der Waals surface area contributed by atoms with Crippen molar-refractivity contribution >= 4 is 35.4 Å². The number of hydrogen-bond acceptors (Lipinski definition) is 5. The van der Waals surface area contributed by atoms with E-state index in [9.17, 15) is 19.2 Å². The Labute approximate surface area is 137 Å². The fraction of sp³-hybridized carbons (Fsp3) is 0.333. The molecule has 0 radical (unpaired) electrons. The summed E-state index contributed by atoms with van der Waals surface area (Å²) in [5, 5.41) is 2.60. The van der Waals surface area contributed by atoms with Gasteiger partial charge in [0.15, 0.2) is 0 Å². The van der Waals surface area contributed by atoms with Crippen molar-refractivity contribution in [1.82, 2.24) is 10.2 Å². The number of nitrogens with zero attached hydrogens (tertiary/aromatic N) is 1. The third-order valence-electron chi connectivity index (χ3n) is 3.26. The SMILES string of the molecule is Cc1ccc2c(c1)C(=O)N(CCNC(=O)CSCC(N)=O)C2=O.